The van der Waals surface area contributed by atoms with Crippen molar-refractivity contribution < 1.29 is 0 Å². The van der Waals surface area contributed by atoms with Crippen LogP contribution in [0.25, 0.3) is 0 Å². The quantitative estimate of drug-likeness (QED) is 0.249. The lowest BCUT2D eigenvalue weighted by atomic mass is 10.5. The van der Waals surface area contributed by atoms with Gasteiger partial charge in [-0.25, -0.2) is 5.84 Å². The average molecular weight is 213 g/mol. The molecule has 4 N–H and O–H groups in total. The van der Waals surface area contributed by atoms with Crippen molar-refractivity contribution in [2.75, 3.05) is 26.7 Å². The number of nitrogens with zero attached hydrogens (tertiary/aromatic N) is 2. The third-order valence-corrected chi connectivity index (χ3v) is 2.56. The highest BCUT2D eigenvalue weighted by atomic mass is 15.3. The zero-order chi connectivity index (χ0) is 11.1. The van der Waals surface area contributed by atoms with E-state index in [0.717, 1.165) is 32.1 Å². The van der Waals surface area contributed by atoms with Gasteiger partial charge in [-0.1, -0.05) is 6.92 Å². The molecule has 0 aromatic heterocycles. The number of hydrogen-bond acceptors (Lipinski definition) is 3. The minimum atomic E-state index is 0.695. The van der Waals surface area contributed by atoms with Crippen molar-refractivity contribution in [3.63, 3.8) is 0 Å². The molecule has 0 bridgehead atoms. The lowest BCUT2D eigenvalue weighted by Crippen LogP contribution is -2.44. The van der Waals surface area contributed by atoms with Crippen LogP contribution in [-0.2, 0) is 0 Å². The van der Waals surface area contributed by atoms with Crippen LogP contribution in [0.15, 0.2) is 4.99 Å². The molecule has 88 valence electrons. The molecule has 0 heterocycles. The standard InChI is InChI=1S/C10H23N5/c1-3-6-12-10(14-11)13-7-8-15(2)9-4-5-9/h9H,3-8,11H2,1-2H3,(H2,12,13,14). The van der Waals surface area contributed by atoms with Crippen LogP contribution in [0.1, 0.15) is 26.2 Å². The zero-order valence-electron chi connectivity index (χ0n) is 9.79. The van der Waals surface area contributed by atoms with Gasteiger partial charge in [0.2, 0.25) is 5.96 Å². The van der Waals surface area contributed by atoms with Crippen molar-refractivity contribution >= 4 is 5.96 Å². The summed E-state index contributed by atoms with van der Waals surface area (Å²) in [4.78, 5) is 6.64. The molecule has 5 nitrogen and oxygen atoms in total. The third kappa shape index (κ3) is 4.99. The summed E-state index contributed by atoms with van der Waals surface area (Å²) in [6.45, 7) is 4.83. The van der Waals surface area contributed by atoms with E-state index >= 15 is 0 Å². The maximum Gasteiger partial charge on any atom is 0.205 e. The molecule has 0 unspecified atom stereocenters. The van der Waals surface area contributed by atoms with Crippen molar-refractivity contribution in [1.29, 1.82) is 0 Å². The van der Waals surface area contributed by atoms with Gasteiger partial charge in [0.1, 0.15) is 0 Å². The summed E-state index contributed by atoms with van der Waals surface area (Å²) < 4.78 is 0. The molecular weight excluding hydrogens is 190 g/mol. The maximum absolute atomic E-state index is 5.35. The Kier molecular flexibility index (Phi) is 5.42. The predicted molar refractivity (Wildman–Crippen MR) is 63.6 cm³/mol. The highest BCUT2D eigenvalue weighted by Crippen LogP contribution is 2.24. The van der Waals surface area contributed by atoms with Crippen LogP contribution in [0.5, 0.6) is 0 Å². The third-order valence-electron chi connectivity index (χ3n) is 2.56. The number of nitrogens with two attached hydrogens (primary N) is 1. The van der Waals surface area contributed by atoms with E-state index in [-0.39, 0.29) is 0 Å². The van der Waals surface area contributed by atoms with Crippen LogP contribution < -0.4 is 16.6 Å². The first-order valence-corrected chi connectivity index (χ1v) is 5.73. The van der Waals surface area contributed by atoms with Gasteiger partial charge in [-0.05, 0) is 26.3 Å². The molecule has 5 heteroatoms. The molecule has 0 amide bonds. The average Bonchev–Trinajstić information content (AvgIpc) is 3.06. The molecule has 15 heavy (non-hydrogen) atoms. The zero-order valence-corrected chi connectivity index (χ0v) is 9.79. The molecule has 0 aromatic rings. The molecular formula is C10H23N5. The molecule has 1 saturated carbocycles. The van der Waals surface area contributed by atoms with Gasteiger partial charge in [0.25, 0.3) is 0 Å². The Morgan fingerprint density at radius 3 is 2.80 bits per heavy atom. The Labute approximate surface area is 92.1 Å². The molecule has 0 radical (unpaired) electrons. The first-order chi connectivity index (χ1) is 7.27. The van der Waals surface area contributed by atoms with E-state index in [0.29, 0.717) is 5.96 Å². The van der Waals surface area contributed by atoms with E-state index < -0.39 is 0 Å². The van der Waals surface area contributed by atoms with E-state index in [2.05, 4.69) is 34.6 Å². The summed E-state index contributed by atoms with van der Waals surface area (Å²) in [5.41, 5.74) is 2.58. The second-order valence-electron chi connectivity index (χ2n) is 4.01. The Morgan fingerprint density at radius 2 is 2.27 bits per heavy atom. The fourth-order valence-corrected chi connectivity index (χ4v) is 1.42. The summed E-state index contributed by atoms with van der Waals surface area (Å²) in [5, 5.41) is 3.19. The van der Waals surface area contributed by atoms with Crippen LogP contribution in [-0.4, -0.2) is 43.6 Å². The van der Waals surface area contributed by atoms with Crippen molar-refractivity contribution in [3.8, 4) is 0 Å². The van der Waals surface area contributed by atoms with Gasteiger partial charge in [0.15, 0.2) is 0 Å². The van der Waals surface area contributed by atoms with E-state index in [9.17, 15) is 0 Å². The summed E-state index contributed by atoms with van der Waals surface area (Å²) in [7, 11) is 2.16. The monoisotopic (exact) mass is 213 g/mol. The van der Waals surface area contributed by atoms with Gasteiger partial charge in [-0.2, -0.15) is 0 Å². The summed E-state index contributed by atoms with van der Waals surface area (Å²) in [6.07, 6.45) is 3.74. The molecule has 1 aliphatic rings. The summed E-state index contributed by atoms with van der Waals surface area (Å²) in [5.74, 6) is 6.04. The summed E-state index contributed by atoms with van der Waals surface area (Å²) in [6, 6.07) is 0.814. The van der Waals surface area contributed by atoms with E-state index in [1.54, 1.807) is 0 Å². The number of likely N-dealkylation sites (N-methyl/N-ethyl adjacent to an activating group) is 1. The van der Waals surface area contributed by atoms with Gasteiger partial charge in [-0.15, -0.1) is 0 Å². The number of guanidine groups is 1. The number of aliphatic imine (C=N–C) groups is 1. The fraction of sp³-hybridized carbons (Fsp3) is 0.900. The smallest absolute Gasteiger partial charge is 0.205 e. The molecule has 0 aliphatic heterocycles. The number of rotatable bonds is 6. The van der Waals surface area contributed by atoms with Crippen molar-refractivity contribution in [1.82, 2.24) is 15.6 Å². The second kappa shape index (κ2) is 6.63. The van der Waals surface area contributed by atoms with Gasteiger partial charge in [0, 0.05) is 25.7 Å². The predicted octanol–water partition coefficient (Wildman–Crippen LogP) is -0.100. The Morgan fingerprint density at radius 1 is 1.53 bits per heavy atom. The summed E-state index contributed by atoms with van der Waals surface area (Å²) >= 11 is 0. The SMILES string of the molecule is CCCN=C(NN)NCCN(C)C1CC1. The number of nitrogens with one attached hydrogen (secondary N) is 2. The topological polar surface area (TPSA) is 65.7 Å². The first kappa shape index (κ1) is 12.3. The minimum absolute atomic E-state index is 0.695. The van der Waals surface area contributed by atoms with Crippen molar-refractivity contribution in [3.05, 3.63) is 0 Å². The molecule has 0 spiro atoms. The highest BCUT2D eigenvalue weighted by molar-refractivity contribution is 5.79. The normalized spacial score (nSPS) is 16.9. The van der Waals surface area contributed by atoms with E-state index in [1.165, 1.54) is 12.8 Å². The lowest BCUT2D eigenvalue weighted by Gasteiger charge is -2.16. The largest absolute Gasteiger partial charge is 0.354 e. The molecule has 1 aliphatic carbocycles. The minimum Gasteiger partial charge on any atom is -0.354 e. The molecule has 1 fully saturated rings. The second-order valence-corrected chi connectivity index (χ2v) is 4.01. The van der Waals surface area contributed by atoms with Crippen molar-refractivity contribution in [2.24, 2.45) is 10.8 Å². The van der Waals surface area contributed by atoms with Crippen LogP contribution in [0.3, 0.4) is 0 Å². The number of hydrogen-bond donors (Lipinski definition) is 3. The Bertz CT molecular complexity index is 200. The lowest BCUT2D eigenvalue weighted by molar-refractivity contribution is 0.328. The van der Waals surface area contributed by atoms with Crippen LogP contribution in [0.4, 0.5) is 0 Å². The molecule has 0 aromatic carbocycles. The van der Waals surface area contributed by atoms with E-state index in [1.807, 2.05) is 0 Å². The van der Waals surface area contributed by atoms with Crippen LogP contribution in [0, 0.1) is 0 Å². The van der Waals surface area contributed by atoms with Gasteiger partial charge < -0.3 is 10.2 Å². The number of hydrazine groups is 1. The van der Waals surface area contributed by atoms with Gasteiger partial charge in [-0.3, -0.25) is 10.4 Å². The van der Waals surface area contributed by atoms with Crippen LogP contribution >= 0.6 is 0 Å². The van der Waals surface area contributed by atoms with Gasteiger partial charge >= 0.3 is 0 Å². The van der Waals surface area contributed by atoms with Gasteiger partial charge in [0.05, 0.1) is 0 Å². The molecule has 0 saturated heterocycles. The van der Waals surface area contributed by atoms with E-state index in [4.69, 9.17) is 5.84 Å². The molecule has 1 rings (SSSR count). The van der Waals surface area contributed by atoms with Crippen molar-refractivity contribution in [2.45, 2.75) is 32.2 Å². The highest BCUT2D eigenvalue weighted by Gasteiger charge is 2.25. The van der Waals surface area contributed by atoms with Crippen LogP contribution in [0.2, 0.25) is 0 Å². The fourth-order valence-electron chi connectivity index (χ4n) is 1.42. The molecule has 0 atom stereocenters. The Hall–Kier alpha value is -0.810. The first-order valence-electron chi connectivity index (χ1n) is 5.73. The Balaban J connectivity index is 2.10. The maximum atomic E-state index is 5.35.